The second-order valence-corrected chi connectivity index (χ2v) is 2.71. The molecule has 0 fully saturated rings. The van der Waals surface area contributed by atoms with Crippen LogP contribution in [-0.2, 0) is 0 Å². The van der Waals surface area contributed by atoms with Gasteiger partial charge >= 0.3 is 0 Å². The summed E-state index contributed by atoms with van der Waals surface area (Å²) in [5, 5.41) is 15.7. The van der Waals surface area contributed by atoms with E-state index in [4.69, 9.17) is 0 Å². The van der Waals surface area contributed by atoms with Gasteiger partial charge in [0, 0.05) is 6.54 Å². The van der Waals surface area contributed by atoms with Crippen molar-refractivity contribution in [2.45, 2.75) is 6.10 Å². The molecule has 0 bridgehead atoms. The molecule has 5 heteroatoms. The molecule has 0 saturated heterocycles. The van der Waals surface area contributed by atoms with E-state index in [2.05, 4.69) is 14.9 Å². The number of hydrogen-bond donors (Lipinski definition) is 2. The Morgan fingerprint density at radius 2 is 2.70 bits per heavy atom. The number of likely N-dealkylation sites (N-methyl/N-ethyl adjacent to an activating group) is 1. The lowest BCUT2D eigenvalue weighted by Crippen LogP contribution is -2.15. The van der Waals surface area contributed by atoms with Crippen molar-refractivity contribution in [2.24, 2.45) is 0 Å². The average molecular weight is 159 g/mol. The second kappa shape index (κ2) is 3.60. The molecule has 0 radical (unpaired) electrons. The zero-order valence-electron chi connectivity index (χ0n) is 5.61. The smallest absolute Gasteiger partial charge is 0.104 e. The van der Waals surface area contributed by atoms with Crippen LogP contribution in [0.5, 0.6) is 0 Å². The summed E-state index contributed by atoms with van der Waals surface area (Å²) in [6, 6.07) is 0. The summed E-state index contributed by atoms with van der Waals surface area (Å²) in [6.07, 6.45) is 1.11. The van der Waals surface area contributed by atoms with Crippen LogP contribution in [0, 0.1) is 0 Å². The normalized spacial score (nSPS) is 13.4. The van der Waals surface area contributed by atoms with Gasteiger partial charge in [0.05, 0.1) is 11.1 Å². The Hall–Kier alpha value is -0.520. The van der Waals surface area contributed by atoms with Gasteiger partial charge in [-0.3, -0.25) is 0 Å². The van der Waals surface area contributed by atoms with Crippen molar-refractivity contribution in [3.63, 3.8) is 0 Å². The van der Waals surface area contributed by atoms with Gasteiger partial charge in [-0.25, -0.2) is 0 Å². The lowest BCUT2D eigenvalue weighted by molar-refractivity contribution is 0.181. The highest BCUT2D eigenvalue weighted by Gasteiger charge is 2.07. The van der Waals surface area contributed by atoms with Crippen LogP contribution in [0.15, 0.2) is 6.20 Å². The fraction of sp³-hybridized carbons (Fsp3) is 0.600. The molecule has 1 heterocycles. The molecule has 56 valence electrons. The molecule has 0 saturated carbocycles. The van der Waals surface area contributed by atoms with Crippen molar-refractivity contribution < 1.29 is 5.11 Å². The van der Waals surface area contributed by atoms with Crippen molar-refractivity contribution in [1.29, 1.82) is 0 Å². The van der Waals surface area contributed by atoms with Crippen LogP contribution in [0.2, 0.25) is 0 Å². The molecule has 2 N–H and O–H groups in total. The summed E-state index contributed by atoms with van der Waals surface area (Å²) < 4.78 is 3.63. The maximum Gasteiger partial charge on any atom is 0.104 e. The molecular formula is C5H9N3OS. The Morgan fingerprint density at radius 3 is 3.20 bits per heavy atom. The number of nitrogens with one attached hydrogen (secondary N) is 1. The highest BCUT2D eigenvalue weighted by atomic mass is 32.1. The van der Waals surface area contributed by atoms with E-state index in [0.717, 1.165) is 4.88 Å². The molecule has 10 heavy (non-hydrogen) atoms. The van der Waals surface area contributed by atoms with Crippen LogP contribution in [0.1, 0.15) is 11.0 Å². The molecule has 0 amide bonds. The average Bonchev–Trinajstić information content (AvgIpc) is 2.38. The van der Waals surface area contributed by atoms with Crippen molar-refractivity contribution >= 4 is 11.5 Å². The second-order valence-electron chi connectivity index (χ2n) is 1.89. The van der Waals surface area contributed by atoms with Gasteiger partial charge in [-0.15, -0.1) is 5.10 Å². The number of nitrogens with zero attached hydrogens (tertiary/aromatic N) is 2. The Morgan fingerprint density at radius 1 is 1.90 bits per heavy atom. The predicted molar refractivity (Wildman–Crippen MR) is 38.8 cm³/mol. The number of aromatic nitrogens is 2. The van der Waals surface area contributed by atoms with Crippen LogP contribution in [0.25, 0.3) is 0 Å². The molecule has 1 rings (SSSR count). The van der Waals surface area contributed by atoms with Crippen LogP contribution < -0.4 is 5.32 Å². The highest BCUT2D eigenvalue weighted by Crippen LogP contribution is 2.12. The third-order valence-corrected chi connectivity index (χ3v) is 1.87. The number of rotatable bonds is 3. The van der Waals surface area contributed by atoms with E-state index in [0.29, 0.717) is 6.54 Å². The molecule has 0 aliphatic rings. The Balaban J connectivity index is 2.50. The third kappa shape index (κ3) is 1.73. The number of aliphatic hydroxyl groups is 1. The minimum atomic E-state index is -0.468. The van der Waals surface area contributed by atoms with Crippen molar-refractivity contribution in [3.8, 4) is 0 Å². The van der Waals surface area contributed by atoms with E-state index in [9.17, 15) is 5.11 Å². The topological polar surface area (TPSA) is 58.0 Å². The standard InChI is InChI=1S/C5H9N3OS/c1-6-2-4(9)5-3-7-8-10-5/h3-4,6,9H,2H2,1H3. The van der Waals surface area contributed by atoms with E-state index in [1.165, 1.54) is 11.5 Å². The minimum absolute atomic E-state index is 0.468. The van der Waals surface area contributed by atoms with E-state index in [-0.39, 0.29) is 0 Å². The lowest BCUT2D eigenvalue weighted by atomic mass is 10.3. The molecule has 0 aliphatic heterocycles. The number of hydrogen-bond acceptors (Lipinski definition) is 5. The summed E-state index contributed by atoms with van der Waals surface area (Å²) in [5.74, 6) is 0. The van der Waals surface area contributed by atoms with Crippen LogP contribution in [0.3, 0.4) is 0 Å². The van der Waals surface area contributed by atoms with Gasteiger partial charge in [-0.2, -0.15) is 0 Å². The molecule has 1 unspecified atom stereocenters. The largest absolute Gasteiger partial charge is 0.386 e. The molecule has 1 aromatic heterocycles. The lowest BCUT2D eigenvalue weighted by Gasteiger charge is -2.03. The molecule has 0 spiro atoms. The van der Waals surface area contributed by atoms with Gasteiger partial charge in [0.25, 0.3) is 0 Å². The zero-order valence-corrected chi connectivity index (χ0v) is 6.43. The van der Waals surface area contributed by atoms with E-state index in [1.807, 2.05) is 0 Å². The van der Waals surface area contributed by atoms with E-state index in [1.54, 1.807) is 13.2 Å². The monoisotopic (exact) mass is 159 g/mol. The zero-order chi connectivity index (χ0) is 7.40. The summed E-state index contributed by atoms with van der Waals surface area (Å²) in [5.41, 5.74) is 0. The Bertz CT molecular complexity index is 177. The molecule has 0 aliphatic carbocycles. The van der Waals surface area contributed by atoms with Gasteiger partial charge in [0.15, 0.2) is 0 Å². The number of aliphatic hydroxyl groups excluding tert-OH is 1. The van der Waals surface area contributed by atoms with Gasteiger partial charge in [0.1, 0.15) is 6.10 Å². The minimum Gasteiger partial charge on any atom is -0.386 e. The van der Waals surface area contributed by atoms with Crippen LogP contribution >= 0.6 is 11.5 Å². The third-order valence-electron chi connectivity index (χ3n) is 1.10. The first-order valence-electron chi connectivity index (χ1n) is 2.94. The maximum absolute atomic E-state index is 9.28. The van der Waals surface area contributed by atoms with Crippen molar-refractivity contribution in [1.82, 2.24) is 14.9 Å². The first-order chi connectivity index (χ1) is 4.84. The first-order valence-corrected chi connectivity index (χ1v) is 3.72. The molecule has 4 nitrogen and oxygen atoms in total. The summed E-state index contributed by atoms with van der Waals surface area (Å²) in [7, 11) is 1.79. The maximum atomic E-state index is 9.28. The van der Waals surface area contributed by atoms with Gasteiger partial charge in [-0.05, 0) is 18.6 Å². The van der Waals surface area contributed by atoms with Crippen LogP contribution in [0.4, 0.5) is 0 Å². The summed E-state index contributed by atoms with van der Waals surface area (Å²) in [6.45, 7) is 0.546. The highest BCUT2D eigenvalue weighted by molar-refractivity contribution is 7.05. The quantitative estimate of drug-likeness (QED) is 0.640. The SMILES string of the molecule is CNCC(O)c1cnns1. The fourth-order valence-electron chi connectivity index (χ4n) is 0.616. The predicted octanol–water partition coefficient (Wildman–Crippen LogP) is -0.209. The molecular weight excluding hydrogens is 150 g/mol. The van der Waals surface area contributed by atoms with Gasteiger partial charge in [0.2, 0.25) is 0 Å². The van der Waals surface area contributed by atoms with E-state index >= 15 is 0 Å². The Kier molecular flexibility index (Phi) is 2.73. The summed E-state index contributed by atoms with van der Waals surface area (Å²) in [4.78, 5) is 0.800. The molecule has 0 aromatic carbocycles. The molecule has 1 aromatic rings. The van der Waals surface area contributed by atoms with Crippen molar-refractivity contribution in [3.05, 3.63) is 11.1 Å². The molecule has 1 atom stereocenters. The van der Waals surface area contributed by atoms with Crippen molar-refractivity contribution in [2.75, 3.05) is 13.6 Å². The Labute approximate surface area is 63.1 Å². The van der Waals surface area contributed by atoms with Gasteiger partial charge < -0.3 is 10.4 Å². The van der Waals surface area contributed by atoms with Gasteiger partial charge in [-0.1, -0.05) is 4.49 Å². The van der Waals surface area contributed by atoms with Crippen LogP contribution in [-0.4, -0.2) is 28.3 Å². The fourth-order valence-corrected chi connectivity index (χ4v) is 1.10. The summed E-state index contributed by atoms with van der Waals surface area (Å²) >= 11 is 1.22. The first kappa shape index (κ1) is 7.59. The van der Waals surface area contributed by atoms with E-state index < -0.39 is 6.10 Å².